The Hall–Kier alpha value is -1.38. The Kier molecular flexibility index (Phi) is 6.62. The molecule has 3 nitrogen and oxygen atoms in total. The Labute approximate surface area is 146 Å². The van der Waals surface area contributed by atoms with Gasteiger partial charge in [-0.2, -0.15) is 0 Å². The van der Waals surface area contributed by atoms with Crippen molar-refractivity contribution in [1.82, 2.24) is 5.32 Å². The molecule has 0 aromatic heterocycles. The van der Waals surface area contributed by atoms with Crippen LogP contribution in [0.1, 0.15) is 31.9 Å². The van der Waals surface area contributed by atoms with Gasteiger partial charge in [-0.05, 0) is 0 Å². The monoisotopic (exact) mass is 355 g/mol. The number of ether oxygens (including phenoxy) is 2. The van der Waals surface area contributed by atoms with Gasteiger partial charge in [0.25, 0.3) is 0 Å². The predicted molar refractivity (Wildman–Crippen MR) is 89.5 cm³/mol. The van der Waals surface area contributed by atoms with Gasteiger partial charge < -0.3 is 0 Å². The molecule has 4 heteroatoms. The van der Waals surface area contributed by atoms with Gasteiger partial charge in [-0.1, -0.05) is 0 Å². The predicted octanol–water partition coefficient (Wildman–Crippen LogP) is 3.53. The molecule has 128 valence electrons. The van der Waals surface area contributed by atoms with E-state index >= 15 is 0 Å². The number of hydrogen-bond acceptors (Lipinski definition) is 3. The van der Waals surface area contributed by atoms with E-state index in [1.807, 2.05) is 18.2 Å². The average Bonchev–Trinajstić information content (AvgIpc) is 2.72. The molecule has 0 unspecified atom stereocenters. The van der Waals surface area contributed by atoms with Crippen LogP contribution in [0.4, 0.5) is 0 Å². The van der Waals surface area contributed by atoms with Gasteiger partial charge in [0.05, 0.1) is 0 Å². The van der Waals surface area contributed by atoms with Gasteiger partial charge in [0.2, 0.25) is 0 Å². The molecule has 1 aromatic carbocycles. The molecule has 2 rings (SSSR count). The van der Waals surface area contributed by atoms with Gasteiger partial charge in [-0.25, -0.2) is 0 Å². The van der Waals surface area contributed by atoms with Crippen molar-refractivity contribution < 1.29 is 24.5 Å². The topological polar surface area (TPSA) is 30.5 Å². The van der Waals surface area contributed by atoms with Crippen LogP contribution in [0.25, 0.3) is 0 Å². The fourth-order valence-electron chi connectivity index (χ4n) is 2.82. The summed E-state index contributed by atoms with van der Waals surface area (Å²) in [5, 5.41) is 3.46. The van der Waals surface area contributed by atoms with E-state index in [1.165, 1.54) is 12.0 Å². The maximum absolute atomic E-state index is 5.90. The minimum absolute atomic E-state index is 0.0783. The number of nitrogens with one attached hydrogen (secondary N) is 1. The molecular formula is C19H23NNiO2-2. The summed E-state index contributed by atoms with van der Waals surface area (Å²) in [6, 6.07) is 8.20. The van der Waals surface area contributed by atoms with Crippen LogP contribution in [-0.4, -0.2) is 18.3 Å². The summed E-state index contributed by atoms with van der Waals surface area (Å²) in [6.07, 6.45) is 4.10. The number of fused-ring (bicyclic) bond motifs is 1. The van der Waals surface area contributed by atoms with Crippen molar-refractivity contribution in [2.24, 2.45) is 5.92 Å². The van der Waals surface area contributed by atoms with Crippen molar-refractivity contribution in [3.8, 4) is 5.75 Å². The van der Waals surface area contributed by atoms with Crippen LogP contribution in [-0.2, 0) is 19.8 Å². The zero-order valence-corrected chi connectivity index (χ0v) is 14.7. The van der Waals surface area contributed by atoms with Gasteiger partial charge in [0.1, 0.15) is 0 Å². The van der Waals surface area contributed by atoms with Gasteiger partial charge in [0, 0.05) is 0 Å². The number of para-hydroxylation sites is 1. The minimum atomic E-state index is 0.0783. The van der Waals surface area contributed by atoms with Crippen LogP contribution in [0.3, 0.4) is 0 Å². The summed E-state index contributed by atoms with van der Waals surface area (Å²) in [4.78, 5) is 0. The number of benzene rings is 1. The number of rotatable bonds is 6. The first-order valence-corrected chi connectivity index (χ1v) is 8.14. The van der Waals surface area contributed by atoms with Crippen molar-refractivity contribution >= 4 is 4.61 Å². The molecule has 0 radical (unpaired) electrons. The third-order valence-electron chi connectivity index (χ3n) is 4.03. The van der Waals surface area contributed by atoms with Gasteiger partial charge in [-0.3, -0.25) is 0 Å². The second-order valence-corrected chi connectivity index (χ2v) is 6.24. The maximum atomic E-state index is 5.90. The van der Waals surface area contributed by atoms with Crippen LogP contribution < -0.4 is 10.1 Å². The third kappa shape index (κ3) is 4.56. The summed E-state index contributed by atoms with van der Waals surface area (Å²) in [6.45, 7) is 10.5. The molecule has 0 aliphatic carbocycles. The SMILES string of the molecule is [CH-]=C/C(=C\[C](=[Ni])N[C@@H]1c2ccccc2OCC[C@@H]1[C-](C)C)OC. The summed E-state index contributed by atoms with van der Waals surface area (Å²) in [5.41, 5.74) is 1.13. The molecule has 23 heavy (non-hydrogen) atoms. The number of methoxy groups -OCH3 is 1. The summed E-state index contributed by atoms with van der Waals surface area (Å²) >= 11 is 5.12. The van der Waals surface area contributed by atoms with E-state index in [9.17, 15) is 0 Å². The normalized spacial score (nSPS) is 21.2. The quantitative estimate of drug-likeness (QED) is 0.366. The van der Waals surface area contributed by atoms with Crippen molar-refractivity contribution in [3.63, 3.8) is 0 Å². The van der Waals surface area contributed by atoms with Crippen molar-refractivity contribution in [2.45, 2.75) is 26.3 Å². The van der Waals surface area contributed by atoms with Crippen LogP contribution >= 0.6 is 0 Å². The molecule has 0 spiro atoms. The Morgan fingerprint density at radius 3 is 2.83 bits per heavy atom. The Morgan fingerprint density at radius 1 is 1.43 bits per heavy atom. The fourth-order valence-corrected chi connectivity index (χ4v) is 3.11. The molecule has 0 fully saturated rings. The van der Waals surface area contributed by atoms with E-state index in [2.05, 4.69) is 25.2 Å². The van der Waals surface area contributed by atoms with E-state index in [1.54, 1.807) is 13.2 Å². The first kappa shape index (κ1) is 18.0. The first-order chi connectivity index (χ1) is 11.1. The molecule has 0 saturated heterocycles. The molecule has 2 atom stereocenters. The van der Waals surface area contributed by atoms with E-state index in [-0.39, 0.29) is 6.04 Å². The standard InChI is InChI=1S/C19H23NO2.Ni/c1-5-15(21-4)10-12-20-19-16(14(2)3)11-13-22-18-9-7-6-8-17(18)19;/h1,5-10,16,19-20H,11,13H2,2-4H3;/q-2;/b15-10+;/t16-,19+;/m1./s1. The molecule has 1 aliphatic rings. The molecule has 0 bridgehead atoms. The Balaban J connectivity index is 2.32. The van der Waals surface area contributed by atoms with Crippen LogP contribution in [0.15, 0.2) is 42.2 Å². The van der Waals surface area contributed by atoms with Crippen LogP contribution in [0.2, 0.25) is 0 Å². The summed E-state index contributed by atoms with van der Waals surface area (Å²) < 4.78 is 11.7. The second kappa shape index (κ2) is 8.47. The fraction of sp³-hybridized carbons (Fsp3) is 0.368. The first-order valence-electron chi connectivity index (χ1n) is 7.65. The van der Waals surface area contributed by atoms with E-state index in [0.717, 1.165) is 17.7 Å². The van der Waals surface area contributed by atoms with E-state index in [4.69, 9.17) is 31.1 Å². The Bertz CT molecular complexity index is 595. The van der Waals surface area contributed by atoms with Gasteiger partial charge in [0.15, 0.2) is 0 Å². The van der Waals surface area contributed by atoms with E-state index < -0.39 is 0 Å². The van der Waals surface area contributed by atoms with Crippen molar-refractivity contribution in [2.75, 3.05) is 13.7 Å². The molecule has 1 N–H and O–H groups in total. The van der Waals surface area contributed by atoms with Crippen LogP contribution in [0, 0.1) is 18.4 Å². The molecular weight excluding hydrogens is 333 g/mol. The second-order valence-electron chi connectivity index (χ2n) is 5.71. The molecule has 1 aromatic rings. The average molecular weight is 356 g/mol. The number of hydrogen-bond donors (Lipinski definition) is 1. The van der Waals surface area contributed by atoms with Crippen molar-refractivity contribution in [3.05, 3.63) is 60.2 Å². The Morgan fingerprint density at radius 2 is 2.17 bits per heavy atom. The number of allylic oxidation sites excluding steroid dienone is 1. The molecule has 1 aliphatic heterocycles. The summed E-state index contributed by atoms with van der Waals surface area (Å²) in [7, 11) is 1.57. The van der Waals surface area contributed by atoms with Gasteiger partial charge >= 0.3 is 146 Å². The zero-order chi connectivity index (χ0) is 16.8. The molecule has 0 amide bonds. The zero-order valence-electron chi connectivity index (χ0n) is 13.7. The third-order valence-corrected chi connectivity index (χ3v) is 4.31. The van der Waals surface area contributed by atoms with E-state index in [0.29, 0.717) is 22.9 Å². The molecule has 0 saturated carbocycles. The summed E-state index contributed by atoms with van der Waals surface area (Å²) in [5.74, 6) is 3.18. The van der Waals surface area contributed by atoms with Gasteiger partial charge in [-0.15, -0.1) is 0 Å². The molecule has 1 heterocycles. The van der Waals surface area contributed by atoms with Crippen LogP contribution in [0.5, 0.6) is 5.75 Å². The van der Waals surface area contributed by atoms with Crippen molar-refractivity contribution in [1.29, 1.82) is 0 Å².